The van der Waals surface area contributed by atoms with Crippen LogP contribution in [0.1, 0.15) is 16.8 Å². The van der Waals surface area contributed by atoms with Gasteiger partial charge in [0.05, 0.1) is 0 Å². The van der Waals surface area contributed by atoms with Crippen LogP contribution in [0.2, 0.25) is 0 Å². The van der Waals surface area contributed by atoms with Crippen molar-refractivity contribution in [2.75, 3.05) is 31.3 Å². The van der Waals surface area contributed by atoms with E-state index in [9.17, 15) is 9.59 Å². The van der Waals surface area contributed by atoms with Crippen LogP contribution >= 0.6 is 0 Å². The lowest BCUT2D eigenvalue weighted by atomic mass is 10.1. The summed E-state index contributed by atoms with van der Waals surface area (Å²) in [4.78, 5) is 25.9. The van der Waals surface area contributed by atoms with Crippen molar-refractivity contribution in [2.24, 2.45) is 0 Å². The summed E-state index contributed by atoms with van der Waals surface area (Å²) >= 11 is 0. The van der Waals surface area contributed by atoms with Gasteiger partial charge in [0.1, 0.15) is 0 Å². The molecule has 2 amide bonds. The predicted molar refractivity (Wildman–Crippen MR) is 93.0 cm³/mol. The largest absolute Gasteiger partial charge is 0.323 e. The zero-order valence-corrected chi connectivity index (χ0v) is 13.4. The summed E-state index contributed by atoms with van der Waals surface area (Å²) < 4.78 is 0. The van der Waals surface area contributed by atoms with Gasteiger partial charge >= 0.3 is 6.03 Å². The van der Waals surface area contributed by atoms with Crippen LogP contribution in [0, 0.1) is 0 Å². The van der Waals surface area contributed by atoms with Gasteiger partial charge in [-0.15, -0.1) is 0 Å². The van der Waals surface area contributed by atoms with Gasteiger partial charge < -0.3 is 15.5 Å². The number of hydrogen-bond acceptors (Lipinski definition) is 3. The van der Waals surface area contributed by atoms with Gasteiger partial charge in [-0.25, -0.2) is 4.79 Å². The van der Waals surface area contributed by atoms with E-state index < -0.39 is 0 Å². The highest BCUT2D eigenvalue weighted by Crippen LogP contribution is 2.12. The van der Waals surface area contributed by atoms with E-state index in [0.717, 1.165) is 12.2 Å². The van der Waals surface area contributed by atoms with Gasteiger partial charge in [-0.05, 0) is 50.5 Å². The average Bonchev–Trinajstić information content (AvgIpc) is 2.54. The molecule has 0 fully saturated rings. The van der Waals surface area contributed by atoms with Gasteiger partial charge in [-0.1, -0.05) is 18.2 Å². The molecule has 2 aromatic carbocycles. The number of rotatable bonds is 6. The Hall–Kier alpha value is -2.66. The molecule has 0 aliphatic rings. The second kappa shape index (κ2) is 8.10. The SMILES string of the molecule is CN(C)CCC(=O)c1ccc(NC(=O)Nc2ccccc2)cc1. The molecule has 2 rings (SSSR count). The van der Waals surface area contributed by atoms with Crippen molar-refractivity contribution >= 4 is 23.2 Å². The number of carbonyl (C=O) groups excluding carboxylic acids is 2. The number of urea groups is 1. The molecule has 0 aromatic heterocycles. The molecule has 2 aromatic rings. The van der Waals surface area contributed by atoms with E-state index in [4.69, 9.17) is 0 Å². The lowest BCUT2D eigenvalue weighted by Gasteiger charge is -2.10. The van der Waals surface area contributed by atoms with E-state index in [2.05, 4.69) is 10.6 Å². The summed E-state index contributed by atoms with van der Waals surface area (Å²) in [5.41, 5.74) is 2.02. The Morgan fingerprint density at radius 2 is 1.43 bits per heavy atom. The molecular formula is C18H21N3O2. The standard InChI is InChI=1S/C18H21N3O2/c1-21(2)13-12-17(22)14-8-10-16(11-9-14)20-18(23)19-15-6-4-3-5-7-15/h3-11H,12-13H2,1-2H3,(H2,19,20,23). The van der Waals surface area contributed by atoms with Crippen molar-refractivity contribution in [1.29, 1.82) is 0 Å². The number of anilines is 2. The second-order valence-electron chi connectivity index (χ2n) is 5.50. The van der Waals surface area contributed by atoms with Crippen molar-refractivity contribution in [1.82, 2.24) is 4.90 Å². The third kappa shape index (κ3) is 5.56. The number of hydrogen-bond donors (Lipinski definition) is 2. The highest BCUT2D eigenvalue weighted by Gasteiger charge is 2.07. The van der Waals surface area contributed by atoms with Crippen molar-refractivity contribution in [2.45, 2.75) is 6.42 Å². The van der Waals surface area contributed by atoms with Crippen LogP contribution in [0.4, 0.5) is 16.2 Å². The fourth-order valence-electron chi connectivity index (χ4n) is 2.02. The molecule has 0 atom stereocenters. The molecule has 5 heteroatoms. The number of Topliss-reactive ketones (excluding diaryl/α,β-unsaturated/α-hetero) is 1. The van der Waals surface area contributed by atoms with Crippen molar-refractivity contribution in [3.63, 3.8) is 0 Å². The normalized spacial score (nSPS) is 10.4. The molecule has 0 saturated heterocycles. The maximum atomic E-state index is 12.0. The van der Waals surface area contributed by atoms with Gasteiger partial charge in [-0.2, -0.15) is 0 Å². The molecule has 23 heavy (non-hydrogen) atoms. The van der Waals surface area contributed by atoms with Gasteiger partial charge in [-0.3, -0.25) is 4.79 Å². The van der Waals surface area contributed by atoms with Crippen LogP contribution in [-0.2, 0) is 0 Å². The number of nitrogens with one attached hydrogen (secondary N) is 2. The maximum Gasteiger partial charge on any atom is 0.323 e. The molecule has 0 saturated carbocycles. The molecule has 5 nitrogen and oxygen atoms in total. The fourth-order valence-corrected chi connectivity index (χ4v) is 2.02. The summed E-state index contributed by atoms with van der Waals surface area (Å²) in [6, 6.07) is 15.8. The zero-order chi connectivity index (χ0) is 16.7. The molecule has 0 aliphatic carbocycles. The lowest BCUT2D eigenvalue weighted by Crippen LogP contribution is -2.19. The van der Waals surface area contributed by atoms with Crippen molar-refractivity contribution in [3.8, 4) is 0 Å². The summed E-state index contributed by atoms with van der Waals surface area (Å²) in [6.45, 7) is 0.721. The highest BCUT2D eigenvalue weighted by atomic mass is 16.2. The summed E-state index contributed by atoms with van der Waals surface area (Å²) in [5, 5.41) is 5.48. The maximum absolute atomic E-state index is 12.0. The number of nitrogens with zero attached hydrogens (tertiary/aromatic N) is 1. The minimum absolute atomic E-state index is 0.0963. The second-order valence-corrected chi connectivity index (χ2v) is 5.50. The topological polar surface area (TPSA) is 61.4 Å². The Kier molecular flexibility index (Phi) is 5.88. The Bertz CT molecular complexity index is 652. The first-order chi connectivity index (χ1) is 11.0. The van der Waals surface area contributed by atoms with Crippen LogP contribution in [-0.4, -0.2) is 37.4 Å². The number of benzene rings is 2. The predicted octanol–water partition coefficient (Wildman–Crippen LogP) is 3.47. The monoisotopic (exact) mass is 311 g/mol. The van der Waals surface area contributed by atoms with Crippen LogP contribution in [0.15, 0.2) is 54.6 Å². The molecule has 0 heterocycles. The molecule has 0 spiro atoms. The zero-order valence-electron chi connectivity index (χ0n) is 13.4. The summed E-state index contributed by atoms with van der Waals surface area (Å²) in [6.07, 6.45) is 0.480. The minimum atomic E-state index is -0.317. The minimum Gasteiger partial charge on any atom is -0.309 e. The lowest BCUT2D eigenvalue weighted by molar-refractivity contribution is 0.0972. The van der Waals surface area contributed by atoms with E-state index in [-0.39, 0.29) is 11.8 Å². The van der Waals surface area contributed by atoms with Crippen molar-refractivity contribution in [3.05, 3.63) is 60.2 Å². The molecular weight excluding hydrogens is 290 g/mol. The smallest absolute Gasteiger partial charge is 0.309 e. The van der Waals surface area contributed by atoms with E-state index in [1.807, 2.05) is 49.3 Å². The first-order valence-corrected chi connectivity index (χ1v) is 7.45. The molecule has 120 valence electrons. The Balaban J connectivity index is 1.89. The third-order valence-corrected chi connectivity index (χ3v) is 3.28. The number of para-hydroxylation sites is 1. The molecule has 2 N–H and O–H groups in total. The summed E-state index contributed by atoms with van der Waals surface area (Å²) in [7, 11) is 3.87. The van der Waals surface area contributed by atoms with E-state index in [0.29, 0.717) is 17.7 Å². The summed E-state index contributed by atoms with van der Waals surface area (Å²) in [5.74, 6) is 0.0963. The van der Waals surface area contributed by atoms with Crippen LogP contribution in [0.5, 0.6) is 0 Å². The quantitative estimate of drug-likeness (QED) is 0.803. The number of amides is 2. The molecule has 0 radical (unpaired) electrons. The number of ketones is 1. The highest BCUT2D eigenvalue weighted by molar-refractivity contribution is 6.00. The van der Waals surface area contributed by atoms with Gasteiger partial charge in [0, 0.05) is 29.9 Å². The van der Waals surface area contributed by atoms with Crippen LogP contribution in [0.25, 0.3) is 0 Å². The Morgan fingerprint density at radius 3 is 2.00 bits per heavy atom. The third-order valence-electron chi connectivity index (χ3n) is 3.28. The Labute approximate surface area is 136 Å². The van der Waals surface area contributed by atoms with E-state index >= 15 is 0 Å². The first-order valence-electron chi connectivity index (χ1n) is 7.45. The van der Waals surface area contributed by atoms with Gasteiger partial charge in [0.2, 0.25) is 0 Å². The molecule has 0 aliphatic heterocycles. The fraction of sp³-hybridized carbons (Fsp3) is 0.222. The molecule has 0 bridgehead atoms. The van der Waals surface area contributed by atoms with E-state index in [1.165, 1.54) is 0 Å². The van der Waals surface area contributed by atoms with Gasteiger partial charge in [0.25, 0.3) is 0 Å². The molecule has 0 unspecified atom stereocenters. The van der Waals surface area contributed by atoms with E-state index in [1.54, 1.807) is 24.3 Å². The van der Waals surface area contributed by atoms with Crippen LogP contribution < -0.4 is 10.6 Å². The average molecular weight is 311 g/mol. The number of carbonyl (C=O) groups is 2. The van der Waals surface area contributed by atoms with Gasteiger partial charge in [0.15, 0.2) is 5.78 Å². The van der Waals surface area contributed by atoms with Crippen LogP contribution in [0.3, 0.4) is 0 Å². The first kappa shape index (κ1) is 16.7. The Morgan fingerprint density at radius 1 is 0.870 bits per heavy atom. The van der Waals surface area contributed by atoms with Crippen molar-refractivity contribution < 1.29 is 9.59 Å².